The van der Waals surface area contributed by atoms with Crippen LogP contribution in [0.2, 0.25) is 0 Å². The molecule has 0 aliphatic heterocycles. The maximum absolute atomic E-state index is 9.69. The lowest BCUT2D eigenvalue weighted by Crippen LogP contribution is -2.37. The quantitative estimate of drug-likeness (QED) is 0.458. The van der Waals surface area contributed by atoms with Crippen LogP contribution < -0.4 is 5.32 Å². The highest BCUT2D eigenvalue weighted by molar-refractivity contribution is 4.61. The molecule has 0 spiro atoms. The first-order valence-corrected chi connectivity index (χ1v) is 7.51. The molecule has 0 heterocycles. The molecule has 0 aromatic carbocycles. The van der Waals surface area contributed by atoms with Crippen molar-refractivity contribution < 1.29 is 14.6 Å². The molecular weight excluding hydrogens is 244 g/mol. The maximum Gasteiger partial charge on any atom is 0.0897 e. The van der Waals surface area contributed by atoms with Crippen molar-refractivity contribution in [2.45, 2.75) is 33.3 Å². The molecule has 1 atom stereocenters. The van der Waals surface area contributed by atoms with E-state index in [9.17, 15) is 5.11 Å². The molecule has 0 aliphatic carbocycles. The average Bonchev–Trinajstić information content (AvgIpc) is 2.42. The van der Waals surface area contributed by atoms with Crippen LogP contribution in [0.5, 0.6) is 0 Å². The Hall–Kier alpha value is -0.200. The molecule has 116 valence electrons. The Labute approximate surface area is 118 Å². The topological polar surface area (TPSA) is 54.0 Å². The fraction of sp³-hybridized carbons (Fsp3) is 1.00. The smallest absolute Gasteiger partial charge is 0.0897 e. The largest absolute Gasteiger partial charge is 0.389 e. The van der Waals surface area contributed by atoms with Crippen molar-refractivity contribution in [3.63, 3.8) is 0 Å². The van der Waals surface area contributed by atoms with Gasteiger partial charge in [0.25, 0.3) is 0 Å². The number of rotatable bonds is 14. The van der Waals surface area contributed by atoms with Crippen LogP contribution >= 0.6 is 0 Å². The molecule has 0 aliphatic rings. The van der Waals surface area contributed by atoms with E-state index in [1.165, 1.54) is 6.42 Å². The summed E-state index contributed by atoms with van der Waals surface area (Å²) in [4.78, 5) is 2.40. The van der Waals surface area contributed by atoms with Crippen molar-refractivity contribution in [2.75, 3.05) is 59.2 Å². The summed E-state index contributed by atoms with van der Waals surface area (Å²) in [5.74, 6) is 0. The van der Waals surface area contributed by atoms with E-state index in [1.54, 1.807) is 0 Å². The minimum absolute atomic E-state index is 0.368. The monoisotopic (exact) mass is 276 g/mol. The molecule has 0 radical (unpaired) electrons. The third-order valence-electron chi connectivity index (χ3n) is 2.86. The summed E-state index contributed by atoms with van der Waals surface area (Å²) < 4.78 is 10.5. The number of aliphatic hydroxyl groups excluding tert-OH is 1. The number of nitrogens with one attached hydrogen (secondary N) is 1. The first-order valence-electron chi connectivity index (χ1n) is 7.51. The van der Waals surface area contributed by atoms with Gasteiger partial charge >= 0.3 is 0 Å². The minimum Gasteiger partial charge on any atom is -0.389 e. The first kappa shape index (κ1) is 18.8. The van der Waals surface area contributed by atoms with Crippen LogP contribution in [0.3, 0.4) is 0 Å². The van der Waals surface area contributed by atoms with Crippen molar-refractivity contribution in [1.82, 2.24) is 10.2 Å². The molecule has 1 unspecified atom stereocenters. The Morgan fingerprint density at radius 2 is 1.84 bits per heavy atom. The fourth-order valence-electron chi connectivity index (χ4n) is 1.79. The van der Waals surface area contributed by atoms with Gasteiger partial charge in [0.15, 0.2) is 0 Å². The second-order valence-electron chi connectivity index (χ2n) is 4.56. The highest BCUT2D eigenvalue weighted by atomic mass is 16.5. The first-order chi connectivity index (χ1) is 9.24. The van der Waals surface area contributed by atoms with Crippen LogP contribution in [-0.4, -0.2) is 75.3 Å². The third-order valence-corrected chi connectivity index (χ3v) is 2.86. The average molecular weight is 276 g/mol. The number of aliphatic hydroxyl groups is 1. The van der Waals surface area contributed by atoms with Crippen LogP contribution in [0.1, 0.15) is 27.2 Å². The summed E-state index contributed by atoms with van der Waals surface area (Å²) in [5, 5.41) is 12.9. The molecule has 19 heavy (non-hydrogen) atoms. The molecular formula is C14H32N2O3. The van der Waals surface area contributed by atoms with Crippen LogP contribution in [-0.2, 0) is 9.47 Å². The number of hydrogen-bond donors (Lipinski definition) is 2. The van der Waals surface area contributed by atoms with E-state index < -0.39 is 6.10 Å². The fourth-order valence-corrected chi connectivity index (χ4v) is 1.79. The Morgan fingerprint density at radius 3 is 2.47 bits per heavy atom. The zero-order chi connectivity index (χ0) is 14.3. The van der Waals surface area contributed by atoms with Gasteiger partial charge in [-0.1, -0.05) is 13.8 Å². The summed E-state index contributed by atoms with van der Waals surface area (Å²) in [5.41, 5.74) is 0. The summed E-state index contributed by atoms with van der Waals surface area (Å²) in [6.45, 7) is 13.3. The maximum atomic E-state index is 9.69. The third kappa shape index (κ3) is 12.6. The number of hydrogen-bond acceptors (Lipinski definition) is 5. The van der Waals surface area contributed by atoms with E-state index in [0.717, 1.165) is 26.2 Å². The van der Waals surface area contributed by atoms with Gasteiger partial charge in [-0.05, 0) is 26.4 Å². The Balaban J connectivity index is 3.34. The second-order valence-corrected chi connectivity index (χ2v) is 4.56. The molecule has 2 N–H and O–H groups in total. The van der Waals surface area contributed by atoms with Gasteiger partial charge in [-0.2, -0.15) is 0 Å². The Bertz CT molecular complexity index is 182. The van der Waals surface area contributed by atoms with Crippen molar-refractivity contribution in [3.05, 3.63) is 0 Å². The van der Waals surface area contributed by atoms with Crippen molar-refractivity contribution in [1.29, 1.82) is 0 Å². The van der Waals surface area contributed by atoms with E-state index in [4.69, 9.17) is 9.47 Å². The van der Waals surface area contributed by atoms with Gasteiger partial charge in [-0.3, -0.25) is 0 Å². The summed E-state index contributed by atoms with van der Waals surface area (Å²) in [6, 6.07) is 0. The van der Waals surface area contributed by atoms with Gasteiger partial charge in [0.05, 0.1) is 25.9 Å². The highest BCUT2D eigenvalue weighted by Gasteiger charge is 2.04. The van der Waals surface area contributed by atoms with Gasteiger partial charge in [-0.25, -0.2) is 0 Å². The van der Waals surface area contributed by atoms with Gasteiger partial charge in [0, 0.05) is 26.2 Å². The Kier molecular flexibility index (Phi) is 14.1. The molecule has 0 saturated carbocycles. The van der Waals surface area contributed by atoms with E-state index >= 15 is 0 Å². The Morgan fingerprint density at radius 1 is 1.11 bits per heavy atom. The van der Waals surface area contributed by atoms with E-state index in [-0.39, 0.29) is 0 Å². The summed E-state index contributed by atoms with van der Waals surface area (Å²) >= 11 is 0. The number of nitrogens with zero attached hydrogens (tertiary/aromatic N) is 1. The van der Waals surface area contributed by atoms with E-state index in [0.29, 0.717) is 33.0 Å². The number of likely N-dealkylation sites (N-methyl/N-ethyl adjacent to an activating group) is 1. The van der Waals surface area contributed by atoms with E-state index in [2.05, 4.69) is 24.1 Å². The van der Waals surface area contributed by atoms with Crippen molar-refractivity contribution in [3.8, 4) is 0 Å². The number of ether oxygens (including phenoxy) is 2. The SMILES string of the molecule is CCCN(CC)CCNCC(O)COCCOCC. The standard InChI is InChI=1S/C14H32N2O3/c1-4-8-16(5-2)9-7-15-12-14(17)13-19-11-10-18-6-3/h14-15,17H,4-13H2,1-3H3. The molecule has 5 nitrogen and oxygen atoms in total. The predicted octanol–water partition coefficient (Wildman–Crippen LogP) is 0.722. The molecule has 5 heteroatoms. The van der Waals surface area contributed by atoms with Crippen molar-refractivity contribution >= 4 is 0 Å². The lowest BCUT2D eigenvalue weighted by atomic mass is 10.3. The van der Waals surface area contributed by atoms with Crippen LogP contribution in [0, 0.1) is 0 Å². The molecule has 0 bridgehead atoms. The van der Waals surface area contributed by atoms with Gasteiger partial charge in [0.2, 0.25) is 0 Å². The zero-order valence-electron chi connectivity index (χ0n) is 12.9. The summed E-state index contributed by atoms with van der Waals surface area (Å²) in [6.07, 6.45) is 0.743. The van der Waals surface area contributed by atoms with Crippen LogP contribution in [0.25, 0.3) is 0 Å². The minimum atomic E-state index is -0.442. The lowest BCUT2D eigenvalue weighted by molar-refractivity contribution is 0.00643. The molecule has 0 aromatic heterocycles. The summed E-state index contributed by atoms with van der Waals surface area (Å²) in [7, 11) is 0. The zero-order valence-corrected chi connectivity index (χ0v) is 12.9. The molecule has 0 amide bonds. The van der Waals surface area contributed by atoms with Crippen LogP contribution in [0.15, 0.2) is 0 Å². The van der Waals surface area contributed by atoms with Gasteiger partial charge < -0.3 is 24.8 Å². The molecule has 0 fully saturated rings. The van der Waals surface area contributed by atoms with Crippen molar-refractivity contribution in [2.24, 2.45) is 0 Å². The molecule has 0 aromatic rings. The second kappa shape index (κ2) is 14.2. The molecule has 0 saturated heterocycles. The van der Waals surface area contributed by atoms with E-state index in [1.807, 2.05) is 6.92 Å². The highest BCUT2D eigenvalue weighted by Crippen LogP contribution is 1.90. The van der Waals surface area contributed by atoms with Crippen LogP contribution in [0.4, 0.5) is 0 Å². The molecule has 0 rings (SSSR count). The lowest BCUT2D eigenvalue weighted by Gasteiger charge is -2.20. The predicted molar refractivity (Wildman–Crippen MR) is 78.6 cm³/mol. The normalized spacial score (nSPS) is 13.1. The van der Waals surface area contributed by atoms with Gasteiger partial charge in [-0.15, -0.1) is 0 Å². The van der Waals surface area contributed by atoms with Gasteiger partial charge in [0.1, 0.15) is 0 Å².